The highest BCUT2D eigenvalue weighted by Crippen LogP contribution is 2.38. The highest BCUT2D eigenvalue weighted by atomic mass is 19.4. The van der Waals surface area contributed by atoms with Crippen molar-refractivity contribution in [2.75, 3.05) is 13.1 Å². The van der Waals surface area contributed by atoms with Crippen LogP contribution in [0.5, 0.6) is 0 Å². The molecule has 0 aromatic rings. The van der Waals surface area contributed by atoms with Crippen LogP contribution in [0.15, 0.2) is 0 Å². The third kappa shape index (κ3) is 5.73. The lowest BCUT2D eigenvalue weighted by atomic mass is 9.90. The van der Waals surface area contributed by atoms with E-state index in [2.05, 4.69) is 0 Å². The quantitative estimate of drug-likeness (QED) is 0.718. The van der Waals surface area contributed by atoms with Gasteiger partial charge in [0.15, 0.2) is 0 Å². The Balaban J connectivity index is 0.000000534. The summed E-state index contributed by atoms with van der Waals surface area (Å²) in [5, 5.41) is 10.6. The highest BCUT2D eigenvalue weighted by Gasteiger charge is 2.64. The Bertz CT molecular complexity index is 398. The van der Waals surface area contributed by atoms with Crippen LogP contribution in [0.4, 0.5) is 35.1 Å². The number of carboxylic acids is 1. The van der Waals surface area contributed by atoms with E-state index in [9.17, 15) is 39.9 Å². The summed E-state index contributed by atoms with van der Waals surface area (Å²) in [6.07, 6.45) is -10.8. The van der Waals surface area contributed by atoms with Gasteiger partial charge in [-0.25, -0.2) is 0 Å². The van der Waals surface area contributed by atoms with E-state index in [1.165, 1.54) is 0 Å². The molecule has 130 valence electrons. The number of aliphatic carboxylic acids is 1. The van der Waals surface area contributed by atoms with Gasteiger partial charge in [0.2, 0.25) is 5.78 Å². The summed E-state index contributed by atoms with van der Waals surface area (Å²) in [5.74, 6) is -11.4. The van der Waals surface area contributed by atoms with E-state index >= 15 is 0 Å². The lowest BCUT2D eigenvalue weighted by molar-refractivity contribution is -0.664. The number of ketones is 1. The Morgan fingerprint density at radius 2 is 1.27 bits per heavy atom. The molecule has 12 heteroatoms. The number of nitrogens with two attached hydrogens (primary N) is 1. The van der Waals surface area contributed by atoms with Gasteiger partial charge in [-0.3, -0.25) is 4.79 Å². The fourth-order valence-electron chi connectivity index (χ4n) is 1.58. The Kier molecular flexibility index (Phi) is 6.72. The molecule has 2 N–H and O–H groups in total. The standard InChI is InChI=1S/C8H10F5NO.C2HF3O2/c9-7(10,8(11,12)13)6(15)5-1-3-14-4-2-5;3-2(4,5)1(6)7/h5,14H,1-4H2;(H,6,7). The summed E-state index contributed by atoms with van der Waals surface area (Å²) < 4.78 is 92.4. The topological polar surface area (TPSA) is 73.8 Å². The molecule has 0 radical (unpaired) electrons. The maximum absolute atomic E-state index is 12.6. The molecule has 1 saturated heterocycles. The largest absolute Gasteiger partial charge is 0.542 e. The van der Waals surface area contributed by atoms with Crippen molar-refractivity contribution in [3.8, 4) is 0 Å². The molecule has 0 aliphatic carbocycles. The lowest BCUT2D eigenvalue weighted by Crippen LogP contribution is -2.86. The molecular weight excluding hydrogens is 334 g/mol. The summed E-state index contributed by atoms with van der Waals surface area (Å²) in [7, 11) is 0. The maximum atomic E-state index is 12.6. The first-order valence-electron chi connectivity index (χ1n) is 5.80. The van der Waals surface area contributed by atoms with Crippen molar-refractivity contribution >= 4 is 11.8 Å². The van der Waals surface area contributed by atoms with Crippen molar-refractivity contribution in [3.63, 3.8) is 0 Å². The number of piperidine rings is 1. The van der Waals surface area contributed by atoms with E-state index in [1.54, 1.807) is 5.32 Å². The van der Waals surface area contributed by atoms with E-state index in [0.29, 0.717) is 13.1 Å². The van der Waals surface area contributed by atoms with Crippen LogP contribution in [-0.2, 0) is 9.59 Å². The molecule has 1 heterocycles. The minimum atomic E-state index is -5.77. The second kappa shape index (κ2) is 7.20. The fourth-order valence-corrected chi connectivity index (χ4v) is 1.58. The third-order valence-electron chi connectivity index (χ3n) is 2.71. The van der Waals surface area contributed by atoms with E-state index in [4.69, 9.17) is 9.90 Å². The molecule has 1 fully saturated rings. The van der Waals surface area contributed by atoms with Gasteiger partial charge in [0, 0.05) is 18.8 Å². The van der Waals surface area contributed by atoms with Gasteiger partial charge in [0.05, 0.1) is 13.1 Å². The summed E-state index contributed by atoms with van der Waals surface area (Å²) in [6.45, 7) is 0.842. The third-order valence-corrected chi connectivity index (χ3v) is 2.71. The molecular formula is C10H11F8NO3. The van der Waals surface area contributed by atoms with Crippen molar-refractivity contribution in [2.24, 2.45) is 5.92 Å². The van der Waals surface area contributed by atoms with Crippen LogP contribution in [-0.4, -0.2) is 43.1 Å². The van der Waals surface area contributed by atoms with Crippen LogP contribution in [0.25, 0.3) is 0 Å². The second-order valence-corrected chi connectivity index (χ2v) is 4.36. The predicted molar refractivity (Wildman–Crippen MR) is 51.5 cm³/mol. The summed E-state index contributed by atoms with van der Waals surface area (Å²) in [5.41, 5.74) is 0. The van der Waals surface area contributed by atoms with Gasteiger partial charge in [0.1, 0.15) is 5.97 Å². The van der Waals surface area contributed by atoms with Gasteiger partial charge in [0.25, 0.3) is 0 Å². The molecule has 0 unspecified atom stereocenters. The number of rotatable bonds is 2. The Hall–Kier alpha value is -1.46. The number of hydrogen-bond donors (Lipinski definition) is 1. The zero-order valence-corrected chi connectivity index (χ0v) is 10.7. The number of alkyl halides is 8. The van der Waals surface area contributed by atoms with E-state index in [0.717, 1.165) is 0 Å². The SMILES string of the molecule is O=C(C1CC[NH2+]CC1)C(F)(F)C(F)(F)F.O=C([O-])C(F)(F)F. The molecule has 0 spiro atoms. The number of hydrogen-bond acceptors (Lipinski definition) is 3. The van der Waals surface area contributed by atoms with E-state index in [1.807, 2.05) is 0 Å². The zero-order chi connectivity index (χ0) is 17.8. The van der Waals surface area contributed by atoms with Gasteiger partial charge in [-0.05, 0) is 0 Å². The van der Waals surface area contributed by atoms with Crippen LogP contribution < -0.4 is 10.4 Å². The molecule has 0 aromatic carbocycles. The van der Waals surface area contributed by atoms with Crippen LogP contribution in [0.3, 0.4) is 0 Å². The van der Waals surface area contributed by atoms with Crippen molar-refractivity contribution in [2.45, 2.75) is 31.1 Å². The minimum Gasteiger partial charge on any atom is -0.542 e. The second-order valence-electron chi connectivity index (χ2n) is 4.36. The van der Waals surface area contributed by atoms with Crippen LogP contribution in [0.1, 0.15) is 12.8 Å². The first kappa shape index (κ1) is 20.5. The summed E-state index contributed by atoms with van der Waals surface area (Å²) in [4.78, 5) is 19.8. The molecule has 0 atom stereocenters. The Morgan fingerprint density at radius 3 is 1.55 bits per heavy atom. The molecule has 0 saturated carbocycles. The minimum absolute atomic E-state index is 0.0878. The number of carboxylic acid groups (broad SMARTS) is 1. The van der Waals surface area contributed by atoms with Gasteiger partial charge < -0.3 is 15.2 Å². The van der Waals surface area contributed by atoms with E-state index < -0.39 is 35.9 Å². The number of Topliss-reactive ketones (excluding diaryl/α,β-unsaturated/α-hetero) is 1. The van der Waals surface area contributed by atoms with Crippen molar-refractivity contribution in [1.29, 1.82) is 0 Å². The predicted octanol–water partition coefficient (Wildman–Crippen LogP) is 0.0251. The van der Waals surface area contributed by atoms with Crippen molar-refractivity contribution in [3.05, 3.63) is 0 Å². The molecule has 22 heavy (non-hydrogen) atoms. The van der Waals surface area contributed by atoms with Crippen molar-refractivity contribution < 1.29 is 55.1 Å². The number of carbonyl (C=O) groups is 2. The van der Waals surface area contributed by atoms with Gasteiger partial charge in [-0.1, -0.05) is 0 Å². The lowest BCUT2D eigenvalue weighted by Gasteiger charge is -2.25. The molecule has 1 rings (SSSR count). The molecule has 1 aliphatic heterocycles. The number of quaternary nitrogens is 1. The monoisotopic (exact) mass is 345 g/mol. The maximum Gasteiger partial charge on any atom is 0.461 e. The molecule has 0 bridgehead atoms. The molecule has 0 aromatic heterocycles. The van der Waals surface area contributed by atoms with Gasteiger partial charge in [-0.2, -0.15) is 35.1 Å². The first-order chi connectivity index (χ1) is 9.71. The number of halogens is 8. The fraction of sp³-hybridized carbons (Fsp3) is 0.800. The highest BCUT2D eigenvalue weighted by molar-refractivity contribution is 5.88. The average Bonchev–Trinajstić information content (AvgIpc) is 2.37. The first-order valence-corrected chi connectivity index (χ1v) is 5.80. The molecule has 0 amide bonds. The summed E-state index contributed by atoms with van der Waals surface area (Å²) >= 11 is 0. The Morgan fingerprint density at radius 1 is 0.909 bits per heavy atom. The molecule has 4 nitrogen and oxygen atoms in total. The van der Waals surface area contributed by atoms with E-state index in [-0.39, 0.29) is 12.8 Å². The normalized spacial score (nSPS) is 17.5. The van der Waals surface area contributed by atoms with Crippen LogP contribution in [0, 0.1) is 5.92 Å². The van der Waals surface area contributed by atoms with Gasteiger partial charge in [-0.15, -0.1) is 0 Å². The molecule has 1 aliphatic rings. The van der Waals surface area contributed by atoms with Crippen LogP contribution in [0.2, 0.25) is 0 Å². The zero-order valence-electron chi connectivity index (χ0n) is 10.7. The van der Waals surface area contributed by atoms with Gasteiger partial charge >= 0.3 is 18.3 Å². The smallest absolute Gasteiger partial charge is 0.461 e. The van der Waals surface area contributed by atoms with Crippen molar-refractivity contribution in [1.82, 2.24) is 0 Å². The average molecular weight is 345 g/mol. The summed E-state index contributed by atoms with van der Waals surface area (Å²) in [6, 6.07) is 0. The number of carbonyl (C=O) groups excluding carboxylic acids is 2. The Labute approximate surface area is 118 Å². The van der Waals surface area contributed by atoms with Crippen LogP contribution >= 0.6 is 0 Å².